The third-order valence-corrected chi connectivity index (χ3v) is 4.14. The second-order valence-electron chi connectivity index (χ2n) is 5.53. The van der Waals surface area contributed by atoms with Crippen LogP contribution < -0.4 is 10.6 Å². The normalized spacial score (nSPS) is 13.6. The van der Waals surface area contributed by atoms with Crippen molar-refractivity contribution in [2.75, 3.05) is 38.3 Å². The number of nitrogens with one attached hydrogen (secondary N) is 2. The molecule has 1 atom stereocenters. The van der Waals surface area contributed by atoms with Crippen LogP contribution in [0.15, 0.2) is 23.2 Å². The van der Waals surface area contributed by atoms with Gasteiger partial charge in [0.1, 0.15) is 21.5 Å². The Hall–Kier alpha value is -1.74. The van der Waals surface area contributed by atoms with Crippen molar-refractivity contribution in [3.63, 3.8) is 0 Å². The zero-order valence-corrected chi connectivity index (χ0v) is 15.5. The quantitative estimate of drug-likeness (QED) is 0.389. The molecule has 0 bridgehead atoms. The van der Waals surface area contributed by atoms with Crippen LogP contribution in [0.2, 0.25) is 0 Å². The SMILES string of the molecule is CCNC(=NCCOCCS(C)(=O)=O)NC(C)c1ccc(F)cc1F. The van der Waals surface area contributed by atoms with Crippen LogP contribution in [-0.4, -0.2) is 52.7 Å². The summed E-state index contributed by atoms with van der Waals surface area (Å²) in [5.74, 6) is -0.818. The second-order valence-corrected chi connectivity index (χ2v) is 7.79. The fraction of sp³-hybridized carbons (Fsp3) is 0.562. The summed E-state index contributed by atoms with van der Waals surface area (Å²) < 4.78 is 54.0. The monoisotopic (exact) mass is 377 g/mol. The highest BCUT2D eigenvalue weighted by Crippen LogP contribution is 2.17. The Morgan fingerprint density at radius 2 is 2.04 bits per heavy atom. The van der Waals surface area contributed by atoms with Crippen molar-refractivity contribution in [3.05, 3.63) is 35.4 Å². The standard InChI is InChI=1S/C16H25F2N3O3S/c1-4-19-16(20-7-8-24-9-10-25(3,22)23)21-12(2)14-6-5-13(17)11-15(14)18/h5-6,11-12H,4,7-10H2,1-3H3,(H2,19,20,21). The maximum atomic E-state index is 13.8. The lowest BCUT2D eigenvalue weighted by atomic mass is 10.1. The number of hydrogen-bond donors (Lipinski definition) is 2. The number of sulfone groups is 1. The molecule has 2 N–H and O–H groups in total. The van der Waals surface area contributed by atoms with Gasteiger partial charge in [0.25, 0.3) is 0 Å². The van der Waals surface area contributed by atoms with Crippen LogP contribution in [0.5, 0.6) is 0 Å². The highest BCUT2D eigenvalue weighted by atomic mass is 32.2. The molecule has 142 valence electrons. The van der Waals surface area contributed by atoms with Crippen LogP contribution in [-0.2, 0) is 14.6 Å². The number of halogens is 2. The lowest BCUT2D eigenvalue weighted by molar-refractivity contribution is 0.157. The summed E-state index contributed by atoms with van der Waals surface area (Å²) in [6, 6.07) is 3.02. The van der Waals surface area contributed by atoms with Gasteiger partial charge in [-0.1, -0.05) is 6.07 Å². The predicted octanol–water partition coefficient (Wildman–Crippen LogP) is 1.64. The van der Waals surface area contributed by atoms with Gasteiger partial charge in [-0.15, -0.1) is 0 Å². The van der Waals surface area contributed by atoms with Crippen molar-refractivity contribution in [2.45, 2.75) is 19.9 Å². The number of aliphatic imine (C=N–C) groups is 1. The Labute approximate surface area is 147 Å². The molecular weight excluding hydrogens is 352 g/mol. The van der Waals surface area contributed by atoms with Crippen LogP contribution >= 0.6 is 0 Å². The van der Waals surface area contributed by atoms with E-state index < -0.39 is 27.5 Å². The molecule has 0 aliphatic rings. The van der Waals surface area contributed by atoms with Crippen LogP contribution in [0.25, 0.3) is 0 Å². The molecule has 0 aromatic heterocycles. The lowest BCUT2D eigenvalue weighted by Crippen LogP contribution is -2.39. The molecule has 0 fully saturated rings. The van der Waals surface area contributed by atoms with E-state index in [-0.39, 0.29) is 19.0 Å². The molecular formula is C16H25F2N3O3S. The molecule has 0 aliphatic carbocycles. The van der Waals surface area contributed by atoms with Gasteiger partial charge in [0, 0.05) is 24.4 Å². The average molecular weight is 377 g/mol. The minimum atomic E-state index is -3.04. The van der Waals surface area contributed by atoms with Crippen molar-refractivity contribution in [1.82, 2.24) is 10.6 Å². The zero-order valence-electron chi connectivity index (χ0n) is 14.7. The number of benzene rings is 1. The topological polar surface area (TPSA) is 79.8 Å². The van der Waals surface area contributed by atoms with E-state index >= 15 is 0 Å². The molecule has 0 saturated carbocycles. The molecule has 1 aromatic carbocycles. The largest absolute Gasteiger partial charge is 0.378 e. The van der Waals surface area contributed by atoms with Crippen LogP contribution in [0, 0.1) is 11.6 Å². The van der Waals surface area contributed by atoms with Crippen LogP contribution in [0.1, 0.15) is 25.5 Å². The minimum Gasteiger partial charge on any atom is -0.378 e. The first-order valence-electron chi connectivity index (χ1n) is 7.98. The van der Waals surface area contributed by atoms with E-state index in [9.17, 15) is 17.2 Å². The molecule has 25 heavy (non-hydrogen) atoms. The molecule has 1 aromatic rings. The van der Waals surface area contributed by atoms with Gasteiger partial charge in [-0.2, -0.15) is 0 Å². The maximum absolute atomic E-state index is 13.8. The molecule has 0 aliphatic heterocycles. The zero-order chi connectivity index (χ0) is 18.9. The fourth-order valence-electron chi connectivity index (χ4n) is 1.99. The molecule has 0 radical (unpaired) electrons. The van der Waals surface area contributed by atoms with E-state index in [1.807, 2.05) is 6.92 Å². The highest BCUT2D eigenvalue weighted by molar-refractivity contribution is 7.90. The minimum absolute atomic E-state index is 0.0318. The van der Waals surface area contributed by atoms with Crippen LogP contribution in [0.3, 0.4) is 0 Å². The fourth-order valence-corrected chi connectivity index (χ4v) is 2.41. The number of nitrogens with zero attached hydrogens (tertiary/aromatic N) is 1. The van der Waals surface area contributed by atoms with E-state index in [4.69, 9.17) is 4.74 Å². The Morgan fingerprint density at radius 1 is 1.32 bits per heavy atom. The van der Waals surface area contributed by atoms with Gasteiger partial charge >= 0.3 is 0 Å². The number of hydrogen-bond acceptors (Lipinski definition) is 4. The van der Waals surface area contributed by atoms with Crippen molar-refractivity contribution in [1.29, 1.82) is 0 Å². The molecule has 1 unspecified atom stereocenters. The molecule has 0 amide bonds. The van der Waals surface area contributed by atoms with E-state index in [0.29, 0.717) is 24.6 Å². The van der Waals surface area contributed by atoms with Crippen molar-refractivity contribution < 1.29 is 21.9 Å². The summed E-state index contributed by atoms with van der Waals surface area (Å²) >= 11 is 0. The summed E-state index contributed by atoms with van der Waals surface area (Å²) in [6.45, 7) is 4.95. The third-order valence-electron chi connectivity index (χ3n) is 3.23. The lowest BCUT2D eigenvalue weighted by Gasteiger charge is -2.18. The maximum Gasteiger partial charge on any atom is 0.191 e. The van der Waals surface area contributed by atoms with Gasteiger partial charge in [-0.05, 0) is 19.9 Å². The van der Waals surface area contributed by atoms with Gasteiger partial charge in [0.05, 0.1) is 31.6 Å². The van der Waals surface area contributed by atoms with Crippen molar-refractivity contribution in [3.8, 4) is 0 Å². The van der Waals surface area contributed by atoms with E-state index in [1.165, 1.54) is 12.1 Å². The number of rotatable bonds is 9. The van der Waals surface area contributed by atoms with E-state index in [1.54, 1.807) is 6.92 Å². The summed E-state index contributed by atoms with van der Waals surface area (Å²) in [7, 11) is -3.04. The highest BCUT2D eigenvalue weighted by Gasteiger charge is 2.13. The molecule has 0 spiro atoms. The van der Waals surface area contributed by atoms with Gasteiger partial charge in [0.15, 0.2) is 5.96 Å². The Balaban J connectivity index is 2.54. The van der Waals surface area contributed by atoms with E-state index in [0.717, 1.165) is 12.3 Å². The van der Waals surface area contributed by atoms with Gasteiger partial charge in [-0.25, -0.2) is 17.2 Å². The smallest absolute Gasteiger partial charge is 0.191 e. The van der Waals surface area contributed by atoms with Gasteiger partial charge in [0.2, 0.25) is 0 Å². The molecule has 0 heterocycles. The second kappa shape index (κ2) is 10.3. The van der Waals surface area contributed by atoms with E-state index in [2.05, 4.69) is 15.6 Å². The van der Waals surface area contributed by atoms with Gasteiger partial charge in [-0.3, -0.25) is 4.99 Å². The summed E-state index contributed by atoms with van der Waals surface area (Å²) in [5.41, 5.74) is 0.330. The summed E-state index contributed by atoms with van der Waals surface area (Å²) in [4.78, 5) is 4.28. The molecule has 9 heteroatoms. The first-order valence-corrected chi connectivity index (χ1v) is 10.0. The summed E-state index contributed by atoms with van der Waals surface area (Å²) in [6.07, 6.45) is 1.15. The Morgan fingerprint density at radius 3 is 2.64 bits per heavy atom. The predicted molar refractivity (Wildman–Crippen MR) is 94.4 cm³/mol. The Bertz CT molecular complexity index is 681. The average Bonchev–Trinajstić information content (AvgIpc) is 2.49. The third kappa shape index (κ3) is 8.78. The number of guanidine groups is 1. The Kier molecular flexibility index (Phi) is 8.77. The van der Waals surface area contributed by atoms with Gasteiger partial charge < -0.3 is 15.4 Å². The molecule has 6 nitrogen and oxygen atoms in total. The molecule has 0 saturated heterocycles. The molecule has 1 rings (SSSR count). The number of ether oxygens (including phenoxy) is 1. The van der Waals surface area contributed by atoms with Crippen molar-refractivity contribution >= 4 is 15.8 Å². The van der Waals surface area contributed by atoms with Crippen LogP contribution in [0.4, 0.5) is 8.78 Å². The first-order chi connectivity index (χ1) is 11.7. The van der Waals surface area contributed by atoms with Crippen molar-refractivity contribution in [2.24, 2.45) is 4.99 Å². The summed E-state index contributed by atoms with van der Waals surface area (Å²) in [5, 5.41) is 6.05. The first kappa shape index (κ1) is 21.3.